The summed E-state index contributed by atoms with van der Waals surface area (Å²) in [6.45, 7) is 6.56. The molecule has 15 heavy (non-hydrogen) atoms. The van der Waals surface area contributed by atoms with Gasteiger partial charge in [0.2, 0.25) is 0 Å². The van der Waals surface area contributed by atoms with E-state index >= 15 is 0 Å². The maximum Gasteiger partial charge on any atom is 0.0397 e. The molecule has 2 rings (SSSR count). The second-order valence-corrected chi connectivity index (χ2v) is 4.34. The van der Waals surface area contributed by atoms with Gasteiger partial charge < -0.3 is 10.2 Å². The number of hydrogen-bond acceptors (Lipinski definition) is 2. The van der Waals surface area contributed by atoms with Gasteiger partial charge in [0.1, 0.15) is 0 Å². The smallest absolute Gasteiger partial charge is 0.0397 e. The van der Waals surface area contributed by atoms with Crippen molar-refractivity contribution >= 4 is 5.69 Å². The van der Waals surface area contributed by atoms with Crippen LogP contribution in [0.3, 0.4) is 0 Å². The van der Waals surface area contributed by atoms with Crippen LogP contribution in [0.1, 0.15) is 31.0 Å². The van der Waals surface area contributed by atoms with Gasteiger partial charge in [-0.2, -0.15) is 0 Å². The molecule has 0 saturated heterocycles. The third-order valence-electron chi connectivity index (χ3n) is 3.24. The van der Waals surface area contributed by atoms with E-state index in [4.69, 9.17) is 0 Å². The van der Waals surface area contributed by atoms with E-state index in [-0.39, 0.29) is 0 Å². The second kappa shape index (κ2) is 4.23. The number of nitrogens with one attached hydrogen (secondary N) is 1. The van der Waals surface area contributed by atoms with E-state index in [9.17, 15) is 0 Å². The summed E-state index contributed by atoms with van der Waals surface area (Å²) in [5.74, 6) is 0. The fourth-order valence-corrected chi connectivity index (χ4v) is 2.28. The summed E-state index contributed by atoms with van der Waals surface area (Å²) in [6.07, 6.45) is 1.19. The number of likely N-dealkylation sites (N-methyl/N-ethyl adjacent to an activating group) is 1. The molecule has 1 unspecified atom stereocenters. The zero-order valence-corrected chi connectivity index (χ0v) is 9.88. The largest absolute Gasteiger partial charge is 0.374 e. The lowest BCUT2D eigenvalue weighted by Crippen LogP contribution is -2.17. The molecule has 0 aliphatic carbocycles. The summed E-state index contributed by atoms with van der Waals surface area (Å²) < 4.78 is 0. The SMILES string of the molecule is CCNC(C)c1ccc2c(c1)CCN2C. The van der Waals surface area contributed by atoms with Gasteiger partial charge in [-0.15, -0.1) is 0 Å². The van der Waals surface area contributed by atoms with Crippen LogP contribution in [0, 0.1) is 0 Å². The van der Waals surface area contributed by atoms with Crippen LogP contribution in [-0.2, 0) is 6.42 Å². The van der Waals surface area contributed by atoms with Gasteiger partial charge in [-0.05, 0) is 37.1 Å². The maximum atomic E-state index is 3.45. The van der Waals surface area contributed by atoms with E-state index in [1.54, 1.807) is 0 Å². The lowest BCUT2D eigenvalue weighted by Gasteiger charge is -2.16. The Bertz CT molecular complexity index is 346. The lowest BCUT2D eigenvalue weighted by atomic mass is 10.0. The topological polar surface area (TPSA) is 15.3 Å². The number of nitrogens with zero attached hydrogens (tertiary/aromatic N) is 1. The Morgan fingerprint density at radius 2 is 2.27 bits per heavy atom. The van der Waals surface area contributed by atoms with Crippen molar-refractivity contribution in [3.05, 3.63) is 29.3 Å². The van der Waals surface area contributed by atoms with E-state index in [2.05, 4.69) is 49.3 Å². The average Bonchev–Trinajstić information content (AvgIpc) is 2.60. The minimum Gasteiger partial charge on any atom is -0.374 e. The first-order valence-electron chi connectivity index (χ1n) is 5.79. The van der Waals surface area contributed by atoms with Crippen molar-refractivity contribution in [2.45, 2.75) is 26.3 Å². The summed E-state index contributed by atoms with van der Waals surface area (Å²) in [5.41, 5.74) is 4.31. The number of hydrogen-bond donors (Lipinski definition) is 1. The molecule has 1 atom stereocenters. The van der Waals surface area contributed by atoms with Crippen LogP contribution in [-0.4, -0.2) is 20.1 Å². The molecule has 0 bridgehead atoms. The van der Waals surface area contributed by atoms with E-state index in [1.807, 2.05) is 0 Å². The molecule has 82 valence electrons. The maximum absolute atomic E-state index is 3.45. The number of benzene rings is 1. The third kappa shape index (κ3) is 2.00. The lowest BCUT2D eigenvalue weighted by molar-refractivity contribution is 0.598. The van der Waals surface area contributed by atoms with Crippen LogP contribution in [0.4, 0.5) is 5.69 Å². The summed E-state index contributed by atoms with van der Waals surface area (Å²) in [4.78, 5) is 2.33. The first-order valence-corrected chi connectivity index (χ1v) is 5.79. The quantitative estimate of drug-likeness (QED) is 0.813. The molecule has 2 nitrogen and oxygen atoms in total. The van der Waals surface area contributed by atoms with Crippen LogP contribution >= 0.6 is 0 Å². The second-order valence-electron chi connectivity index (χ2n) is 4.34. The average molecular weight is 204 g/mol. The Labute approximate surface area is 92.3 Å². The van der Waals surface area contributed by atoms with Gasteiger partial charge in [0.15, 0.2) is 0 Å². The molecule has 1 N–H and O–H groups in total. The Morgan fingerprint density at radius 3 is 3.00 bits per heavy atom. The van der Waals surface area contributed by atoms with Gasteiger partial charge >= 0.3 is 0 Å². The van der Waals surface area contributed by atoms with E-state index in [0.717, 1.165) is 13.1 Å². The molecule has 2 heteroatoms. The summed E-state index contributed by atoms with van der Waals surface area (Å²) in [5, 5.41) is 3.45. The van der Waals surface area contributed by atoms with Crippen molar-refractivity contribution in [1.82, 2.24) is 5.32 Å². The standard InChI is InChI=1S/C13H20N2/c1-4-14-10(2)11-5-6-13-12(9-11)7-8-15(13)3/h5-6,9-10,14H,4,7-8H2,1-3H3. The molecule has 1 aliphatic rings. The number of fused-ring (bicyclic) bond motifs is 1. The van der Waals surface area contributed by atoms with Crippen molar-refractivity contribution < 1.29 is 0 Å². The molecular weight excluding hydrogens is 184 g/mol. The zero-order valence-electron chi connectivity index (χ0n) is 9.88. The monoisotopic (exact) mass is 204 g/mol. The fourth-order valence-electron chi connectivity index (χ4n) is 2.28. The van der Waals surface area contributed by atoms with Crippen LogP contribution in [0.15, 0.2) is 18.2 Å². The summed E-state index contributed by atoms with van der Waals surface area (Å²) >= 11 is 0. The fraction of sp³-hybridized carbons (Fsp3) is 0.538. The molecule has 1 aromatic rings. The van der Waals surface area contributed by atoms with Gasteiger partial charge in [-0.25, -0.2) is 0 Å². The molecule has 1 aliphatic heterocycles. The first-order chi connectivity index (χ1) is 7.22. The van der Waals surface area contributed by atoms with Gasteiger partial charge in [0, 0.05) is 25.3 Å². The molecule has 0 amide bonds. The minimum absolute atomic E-state index is 0.464. The highest BCUT2D eigenvalue weighted by Crippen LogP contribution is 2.29. The van der Waals surface area contributed by atoms with Crippen molar-refractivity contribution in [3.8, 4) is 0 Å². The molecule has 1 aromatic carbocycles. The van der Waals surface area contributed by atoms with E-state index < -0.39 is 0 Å². The molecule has 0 spiro atoms. The Morgan fingerprint density at radius 1 is 1.47 bits per heavy atom. The third-order valence-corrected chi connectivity index (χ3v) is 3.24. The van der Waals surface area contributed by atoms with Gasteiger partial charge in [-0.1, -0.05) is 19.1 Å². The van der Waals surface area contributed by atoms with Gasteiger partial charge in [-0.3, -0.25) is 0 Å². The Kier molecular flexibility index (Phi) is 2.96. The van der Waals surface area contributed by atoms with Crippen molar-refractivity contribution in [1.29, 1.82) is 0 Å². The summed E-state index contributed by atoms with van der Waals surface area (Å²) in [6, 6.07) is 7.32. The molecule has 0 saturated carbocycles. The minimum atomic E-state index is 0.464. The van der Waals surface area contributed by atoms with Crippen molar-refractivity contribution in [2.24, 2.45) is 0 Å². The van der Waals surface area contributed by atoms with Crippen LogP contribution in [0.25, 0.3) is 0 Å². The Hall–Kier alpha value is -1.02. The predicted molar refractivity (Wildman–Crippen MR) is 65.5 cm³/mol. The summed E-state index contributed by atoms with van der Waals surface area (Å²) in [7, 11) is 2.17. The van der Waals surface area contributed by atoms with Crippen LogP contribution in [0.5, 0.6) is 0 Å². The van der Waals surface area contributed by atoms with Crippen LogP contribution < -0.4 is 10.2 Å². The highest BCUT2D eigenvalue weighted by Gasteiger charge is 2.16. The normalized spacial score (nSPS) is 16.6. The van der Waals surface area contributed by atoms with E-state index in [0.29, 0.717) is 6.04 Å². The molecule has 0 aromatic heterocycles. The molecule has 1 heterocycles. The number of anilines is 1. The predicted octanol–water partition coefficient (Wildman–Crippen LogP) is 2.35. The zero-order chi connectivity index (χ0) is 10.8. The van der Waals surface area contributed by atoms with Gasteiger partial charge in [0.05, 0.1) is 0 Å². The molecule has 0 fully saturated rings. The highest BCUT2D eigenvalue weighted by molar-refractivity contribution is 5.58. The van der Waals surface area contributed by atoms with Crippen molar-refractivity contribution in [3.63, 3.8) is 0 Å². The van der Waals surface area contributed by atoms with Crippen LogP contribution in [0.2, 0.25) is 0 Å². The van der Waals surface area contributed by atoms with Crippen molar-refractivity contribution in [2.75, 3.05) is 25.0 Å². The first kappa shape index (κ1) is 10.5. The molecular formula is C13H20N2. The number of rotatable bonds is 3. The van der Waals surface area contributed by atoms with E-state index in [1.165, 1.54) is 23.2 Å². The highest BCUT2D eigenvalue weighted by atomic mass is 15.1. The molecule has 0 radical (unpaired) electrons. The van der Waals surface area contributed by atoms with Gasteiger partial charge in [0.25, 0.3) is 0 Å². The Balaban J connectivity index is 2.23.